The van der Waals surface area contributed by atoms with Crippen LogP contribution in [-0.2, 0) is 6.61 Å². The predicted octanol–water partition coefficient (Wildman–Crippen LogP) is 4.07. The van der Waals surface area contributed by atoms with Gasteiger partial charge in [-0.15, -0.1) is 0 Å². The predicted molar refractivity (Wildman–Crippen MR) is 66.9 cm³/mol. The van der Waals surface area contributed by atoms with Gasteiger partial charge in [0.25, 0.3) is 0 Å². The minimum Gasteiger partial charge on any atom is -0.489 e. The third kappa shape index (κ3) is 3.21. The molecule has 0 aliphatic heterocycles. The molecular weight excluding hydrogens is 272 g/mol. The molecule has 0 aliphatic rings. The minimum absolute atomic E-state index is 0.00259. The van der Waals surface area contributed by atoms with Crippen molar-refractivity contribution in [2.45, 2.75) is 6.61 Å². The van der Waals surface area contributed by atoms with Crippen LogP contribution in [0.15, 0.2) is 36.4 Å². The van der Waals surface area contributed by atoms with Crippen molar-refractivity contribution in [1.29, 1.82) is 5.26 Å². The molecule has 2 nitrogen and oxygen atoms in total. The summed E-state index contributed by atoms with van der Waals surface area (Å²) in [6, 6.07) is 9.66. The van der Waals surface area contributed by atoms with E-state index >= 15 is 0 Å². The van der Waals surface area contributed by atoms with Gasteiger partial charge in [-0.05, 0) is 30.3 Å². The first-order valence-corrected chi connectivity index (χ1v) is 5.74. The molecule has 0 aromatic heterocycles. The standard InChI is InChI=1S/C14H8ClF2NO/c15-13-6-12(3-4-14(13)17)19-8-10-5-11(16)2-1-9(10)7-18/h1-6H,8H2. The van der Waals surface area contributed by atoms with Gasteiger partial charge >= 0.3 is 0 Å². The monoisotopic (exact) mass is 279 g/mol. The summed E-state index contributed by atoms with van der Waals surface area (Å²) in [6.07, 6.45) is 0. The molecule has 5 heteroatoms. The maximum atomic E-state index is 13.1. The molecule has 2 rings (SSSR count). The Kier molecular flexibility index (Phi) is 3.98. The third-order valence-corrected chi connectivity index (χ3v) is 2.76. The molecule has 0 unspecified atom stereocenters. The van der Waals surface area contributed by atoms with Crippen molar-refractivity contribution in [1.82, 2.24) is 0 Å². The minimum atomic E-state index is -0.544. The summed E-state index contributed by atoms with van der Waals surface area (Å²) in [6.45, 7) is 0.00259. The normalized spacial score (nSPS) is 10.0. The summed E-state index contributed by atoms with van der Waals surface area (Å²) in [4.78, 5) is 0. The van der Waals surface area contributed by atoms with Crippen molar-refractivity contribution in [3.63, 3.8) is 0 Å². The van der Waals surface area contributed by atoms with E-state index in [1.54, 1.807) is 0 Å². The lowest BCUT2D eigenvalue weighted by molar-refractivity contribution is 0.305. The second kappa shape index (κ2) is 5.68. The Morgan fingerprint density at radius 2 is 1.95 bits per heavy atom. The van der Waals surface area contributed by atoms with Gasteiger partial charge in [-0.1, -0.05) is 11.6 Å². The highest BCUT2D eigenvalue weighted by molar-refractivity contribution is 6.30. The van der Waals surface area contributed by atoms with Crippen LogP contribution in [0.5, 0.6) is 5.75 Å². The smallest absolute Gasteiger partial charge is 0.142 e. The lowest BCUT2D eigenvalue weighted by Crippen LogP contribution is -1.99. The molecule has 0 N–H and O–H groups in total. The van der Waals surface area contributed by atoms with E-state index in [0.717, 1.165) is 0 Å². The Morgan fingerprint density at radius 3 is 2.63 bits per heavy atom. The van der Waals surface area contributed by atoms with E-state index in [9.17, 15) is 8.78 Å². The van der Waals surface area contributed by atoms with E-state index in [4.69, 9.17) is 21.6 Å². The Labute approximate surface area is 113 Å². The number of hydrogen-bond acceptors (Lipinski definition) is 2. The molecule has 2 aromatic rings. The molecule has 96 valence electrons. The van der Waals surface area contributed by atoms with Crippen LogP contribution in [0.3, 0.4) is 0 Å². The zero-order valence-electron chi connectivity index (χ0n) is 9.66. The highest BCUT2D eigenvalue weighted by atomic mass is 35.5. The number of nitrogens with zero attached hydrogens (tertiary/aromatic N) is 1. The first kappa shape index (κ1) is 13.3. The van der Waals surface area contributed by atoms with Crippen LogP contribution in [0.4, 0.5) is 8.78 Å². The second-order valence-corrected chi connectivity index (χ2v) is 4.19. The number of hydrogen-bond donors (Lipinski definition) is 0. The number of ether oxygens (including phenoxy) is 1. The first-order chi connectivity index (χ1) is 9.10. The van der Waals surface area contributed by atoms with Crippen molar-refractivity contribution in [3.05, 3.63) is 64.2 Å². The zero-order valence-corrected chi connectivity index (χ0v) is 10.4. The average Bonchev–Trinajstić information content (AvgIpc) is 2.40. The topological polar surface area (TPSA) is 33.0 Å². The summed E-state index contributed by atoms with van der Waals surface area (Å²) in [5.41, 5.74) is 0.748. The number of benzene rings is 2. The average molecular weight is 280 g/mol. The van der Waals surface area contributed by atoms with Crippen LogP contribution in [0, 0.1) is 23.0 Å². The summed E-state index contributed by atoms with van der Waals surface area (Å²) < 4.78 is 31.4. The van der Waals surface area contributed by atoms with Gasteiger partial charge < -0.3 is 4.74 Å². The van der Waals surface area contributed by atoms with Gasteiger partial charge in [0.05, 0.1) is 16.7 Å². The fourth-order valence-electron chi connectivity index (χ4n) is 1.52. The number of halogens is 3. The molecule has 0 spiro atoms. The Bertz CT molecular complexity index is 652. The first-order valence-electron chi connectivity index (χ1n) is 5.36. The van der Waals surface area contributed by atoms with Crippen molar-refractivity contribution in [3.8, 4) is 11.8 Å². The molecule has 0 aliphatic carbocycles. The maximum Gasteiger partial charge on any atom is 0.142 e. The van der Waals surface area contributed by atoms with Gasteiger partial charge in [0.15, 0.2) is 0 Å². The number of nitriles is 1. The van der Waals surface area contributed by atoms with Crippen LogP contribution in [0.1, 0.15) is 11.1 Å². The van der Waals surface area contributed by atoms with Crippen LogP contribution >= 0.6 is 11.6 Å². The lowest BCUT2D eigenvalue weighted by atomic mass is 10.1. The van der Waals surface area contributed by atoms with Gasteiger partial charge in [0.2, 0.25) is 0 Å². The van der Waals surface area contributed by atoms with E-state index in [-0.39, 0.29) is 11.6 Å². The summed E-state index contributed by atoms with van der Waals surface area (Å²) in [7, 11) is 0. The molecule has 0 atom stereocenters. The van der Waals surface area contributed by atoms with Crippen LogP contribution in [0.25, 0.3) is 0 Å². The summed E-state index contributed by atoms with van der Waals surface area (Å²) in [5.74, 6) is -0.647. The molecule has 0 amide bonds. The molecule has 0 saturated carbocycles. The molecule has 0 saturated heterocycles. The van der Waals surface area contributed by atoms with Gasteiger partial charge in [-0.2, -0.15) is 5.26 Å². The van der Waals surface area contributed by atoms with E-state index in [1.807, 2.05) is 6.07 Å². The SMILES string of the molecule is N#Cc1ccc(F)cc1COc1ccc(F)c(Cl)c1. The Balaban J connectivity index is 2.16. The fraction of sp³-hybridized carbons (Fsp3) is 0.0714. The van der Waals surface area contributed by atoms with Crippen molar-refractivity contribution in [2.75, 3.05) is 0 Å². The highest BCUT2D eigenvalue weighted by Crippen LogP contribution is 2.22. The fourth-order valence-corrected chi connectivity index (χ4v) is 1.69. The van der Waals surface area contributed by atoms with Gasteiger partial charge in [-0.25, -0.2) is 8.78 Å². The Hall–Kier alpha value is -2.12. The molecular formula is C14H8ClF2NO. The Morgan fingerprint density at radius 1 is 1.16 bits per heavy atom. The number of rotatable bonds is 3. The highest BCUT2D eigenvalue weighted by Gasteiger charge is 2.06. The largest absolute Gasteiger partial charge is 0.489 e. The van der Waals surface area contributed by atoms with Crippen molar-refractivity contribution < 1.29 is 13.5 Å². The van der Waals surface area contributed by atoms with E-state index < -0.39 is 11.6 Å². The molecule has 2 aromatic carbocycles. The van der Waals surface area contributed by atoms with E-state index in [2.05, 4.69) is 0 Å². The summed E-state index contributed by atoms with van der Waals surface area (Å²) in [5, 5.41) is 8.83. The molecule has 0 bridgehead atoms. The molecule has 0 heterocycles. The quantitative estimate of drug-likeness (QED) is 0.848. The van der Waals surface area contributed by atoms with Gasteiger partial charge in [-0.3, -0.25) is 0 Å². The third-order valence-electron chi connectivity index (χ3n) is 2.47. The lowest BCUT2D eigenvalue weighted by Gasteiger charge is -2.08. The van der Waals surface area contributed by atoms with Crippen molar-refractivity contribution >= 4 is 11.6 Å². The second-order valence-electron chi connectivity index (χ2n) is 3.78. The van der Waals surface area contributed by atoms with E-state index in [1.165, 1.54) is 36.4 Å². The zero-order chi connectivity index (χ0) is 13.8. The van der Waals surface area contributed by atoms with Gasteiger partial charge in [0, 0.05) is 11.6 Å². The van der Waals surface area contributed by atoms with Gasteiger partial charge in [0.1, 0.15) is 24.0 Å². The van der Waals surface area contributed by atoms with Crippen LogP contribution < -0.4 is 4.74 Å². The van der Waals surface area contributed by atoms with Crippen LogP contribution in [-0.4, -0.2) is 0 Å². The van der Waals surface area contributed by atoms with Crippen molar-refractivity contribution in [2.24, 2.45) is 0 Å². The van der Waals surface area contributed by atoms with E-state index in [0.29, 0.717) is 16.9 Å². The molecule has 0 fully saturated rings. The maximum absolute atomic E-state index is 13.1. The van der Waals surface area contributed by atoms with Crippen LogP contribution in [0.2, 0.25) is 5.02 Å². The molecule has 0 radical (unpaired) electrons. The molecule has 19 heavy (non-hydrogen) atoms. The summed E-state index contributed by atoms with van der Waals surface area (Å²) >= 11 is 5.61.